The van der Waals surface area contributed by atoms with Crippen LogP contribution in [-0.2, 0) is 4.79 Å². The molecular formula is C13H25BN2O. The molecule has 0 heterocycles. The van der Waals surface area contributed by atoms with Crippen molar-refractivity contribution in [2.45, 2.75) is 64.4 Å². The molecule has 1 amide bonds. The van der Waals surface area contributed by atoms with E-state index in [2.05, 4.69) is 33.0 Å². The molecule has 4 heteroatoms. The van der Waals surface area contributed by atoms with Crippen LogP contribution in [0.5, 0.6) is 0 Å². The van der Waals surface area contributed by atoms with Crippen LogP contribution in [0, 0.1) is 11.8 Å². The van der Waals surface area contributed by atoms with Gasteiger partial charge in [0.25, 0.3) is 0 Å². The SMILES string of the molecule is [B]C(C)(C)C(=O)NC1(C)C(C)[C@@H]1C(C)(N)CC. The topological polar surface area (TPSA) is 55.1 Å². The standard InChI is InChI=1S/C13H25BN2O/c1-7-12(5,15)9-8(2)13(9,6)16-10(17)11(3,4)14/h8-9H,7,15H2,1-6H3,(H,16,17)/t8?,9-,12?,13?/m1/s1. The van der Waals surface area contributed by atoms with Gasteiger partial charge in [-0.25, -0.2) is 0 Å². The van der Waals surface area contributed by atoms with Gasteiger partial charge in [-0.15, -0.1) is 0 Å². The maximum Gasteiger partial charge on any atom is 0.217 e. The minimum Gasteiger partial charge on any atom is -0.350 e. The lowest BCUT2D eigenvalue weighted by Crippen LogP contribution is -2.47. The average Bonchev–Trinajstić information content (AvgIpc) is 2.67. The second-order valence-corrected chi connectivity index (χ2v) is 6.58. The summed E-state index contributed by atoms with van der Waals surface area (Å²) in [7, 11) is 5.80. The highest BCUT2D eigenvalue weighted by molar-refractivity contribution is 6.27. The van der Waals surface area contributed by atoms with Crippen LogP contribution in [0.2, 0.25) is 5.31 Å². The third-order valence-corrected chi connectivity index (χ3v) is 4.42. The van der Waals surface area contributed by atoms with Crippen molar-refractivity contribution >= 4 is 13.8 Å². The molecule has 17 heavy (non-hydrogen) atoms. The van der Waals surface area contributed by atoms with E-state index in [0.29, 0.717) is 11.8 Å². The van der Waals surface area contributed by atoms with E-state index >= 15 is 0 Å². The van der Waals surface area contributed by atoms with Crippen LogP contribution in [0.1, 0.15) is 48.0 Å². The summed E-state index contributed by atoms with van der Waals surface area (Å²) in [6.45, 7) is 11.8. The largest absolute Gasteiger partial charge is 0.350 e. The zero-order valence-corrected chi connectivity index (χ0v) is 11.9. The summed E-state index contributed by atoms with van der Waals surface area (Å²) < 4.78 is 0. The zero-order valence-electron chi connectivity index (χ0n) is 11.9. The molecule has 2 radical (unpaired) electrons. The van der Waals surface area contributed by atoms with Crippen molar-refractivity contribution in [2.24, 2.45) is 17.6 Å². The Bertz CT molecular complexity index is 322. The minimum absolute atomic E-state index is 0.110. The average molecular weight is 236 g/mol. The Balaban J connectivity index is 2.77. The summed E-state index contributed by atoms with van der Waals surface area (Å²) in [6.07, 6.45) is 0.902. The van der Waals surface area contributed by atoms with Crippen LogP contribution in [-0.4, -0.2) is 24.8 Å². The predicted octanol–water partition coefficient (Wildman–Crippen LogP) is 1.62. The van der Waals surface area contributed by atoms with Gasteiger partial charge >= 0.3 is 0 Å². The highest BCUT2D eigenvalue weighted by atomic mass is 16.2. The molecule has 3 unspecified atom stereocenters. The van der Waals surface area contributed by atoms with Crippen molar-refractivity contribution in [3.05, 3.63) is 0 Å². The van der Waals surface area contributed by atoms with Gasteiger partial charge in [0, 0.05) is 22.3 Å². The van der Waals surface area contributed by atoms with E-state index in [1.54, 1.807) is 13.8 Å². The van der Waals surface area contributed by atoms with E-state index < -0.39 is 5.31 Å². The Kier molecular flexibility index (Phi) is 3.43. The zero-order chi connectivity index (χ0) is 13.6. The van der Waals surface area contributed by atoms with Crippen molar-refractivity contribution in [3.63, 3.8) is 0 Å². The maximum atomic E-state index is 11.9. The van der Waals surface area contributed by atoms with Crippen molar-refractivity contribution in [1.82, 2.24) is 5.32 Å². The van der Waals surface area contributed by atoms with Gasteiger partial charge in [0.1, 0.15) is 0 Å². The van der Waals surface area contributed by atoms with Gasteiger partial charge in [0.15, 0.2) is 0 Å². The third kappa shape index (κ3) is 2.52. The van der Waals surface area contributed by atoms with E-state index in [0.717, 1.165) is 6.42 Å². The fraction of sp³-hybridized carbons (Fsp3) is 0.923. The fourth-order valence-corrected chi connectivity index (χ4v) is 2.80. The number of rotatable bonds is 4. The van der Waals surface area contributed by atoms with Crippen molar-refractivity contribution in [1.29, 1.82) is 0 Å². The van der Waals surface area contributed by atoms with Crippen LogP contribution in [0.3, 0.4) is 0 Å². The molecule has 1 aliphatic carbocycles. The molecule has 0 spiro atoms. The molecule has 0 bridgehead atoms. The first-order valence-electron chi connectivity index (χ1n) is 6.37. The summed E-state index contributed by atoms with van der Waals surface area (Å²) in [5.74, 6) is 0.594. The molecule has 0 aromatic heterocycles. The smallest absolute Gasteiger partial charge is 0.217 e. The molecule has 0 aliphatic heterocycles. The monoisotopic (exact) mass is 236 g/mol. The van der Waals surface area contributed by atoms with Crippen molar-refractivity contribution in [3.8, 4) is 0 Å². The highest BCUT2D eigenvalue weighted by Crippen LogP contribution is 2.56. The summed E-state index contributed by atoms with van der Waals surface area (Å²) in [4.78, 5) is 11.9. The van der Waals surface area contributed by atoms with Gasteiger partial charge in [-0.3, -0.25) is 4.79 Å². The fourth-order valence-electron chi connectivity index (χ4n) is 2.80. The molecule has 96 valence electrons. The lowest BCUT2D eigenvalue weighted by Gasteiger charge is -2.28. The quantitative estimate of drug-likeness (QED) is 0.729. The van der Waals surface area contributed by atoms with Gasteiger partial charge in [-0.1, -0.05) is 27.7 Å². The summed E-state index contributed by atoms with van der Waals surface area (Å²) in [6, 6.07) is 0. The van der Waals surface area contributed by atoms with E-state index in [9.17, 15) is 4.79 Å². The third-order valence-electron chi connectivity index (χ3n) is 4.42. The van der Waals surface area contributed by atoms with Crippen molar-refractivity contribution < 1.29 is 4.79 Å². The Morgan fingerprint density at radius 1 is 1.47 bits per heavy atom. The number of hydrogen-bond donors (Lipinski definition) is 2. The number of amides is 1. The Morgan fingerprint density at radius 3 is 2.29 bits per heavy atom. The maximum absolute atomic E-state index is 11.9. The van der Waals surface area contributed by atoms with E-state index in [1.165, 1.54) is 0 Å². The summed E-state index contributed by atoms with van der Waals surface area (Å²) >= 11 is 0. The Morgan fingerprint density at radius 2 is 1.94 bits per heavy atom. The first-order chi connectivity index (χ1) is 7.47. The van der Waals surface area contributed by atoms with E-state index in [4.69, 9.17) is 13.6 Å². The van der Waals surface area contributed by atoms with Crippen molar-refractivity contribution in [2.75, 3.05) is 0 Å². The number of nitrogens with one attached hydrogen (secondary N) is 1. The molecule has 0 aromatic rings. The predicted molar refractivity (Wildman–Crippen MR) is 71.9 cm³/mol. The van der Waals surface area contributed by atoms with Gasteiger partial charge in [0.2, 0.25) is 5.91 Å². The van der Waals surface area contributed by atoms with Gasteiger partial charge in [-0.05, 0) is 26.2 Å². The lowest BCUT2D eigenvalue weighted by atomic mass is 9.71. The van der Waals surface area contributed by atoms with Gasteiger partial charge < -0.3 is 11.1 Å². The molecule has 3 nitrogen and oxygen atoms in total. The number of nitrogens with two attached hydrogens (primary N) is 1. The van der Waals surface area contributed by atoms with Gasteiger partial charge in [0.05, 0.1) is 7.85 Å². The molecule has 1 fully saturated rings. The molecule has 1 saturated carbocycles. The van der Waals surface area contributed by atoms with E-state index in [-0.39, 0.29) is 17.0 Å². The van der Waals surface area contributed by atoms with Crippen LogP contribution >= 0.6 is 0 Å². The minimum atomic E-state index is -0.840. The summed E-state index contributed by atoms with van der Waals surface area (Å²) in [5, 5.41) is 2.23. The molecule has 0 saturated heterocycles. The van der Waals surface area contributed by atoms with E-state index in [1.807, 2.05) is 0 Å². The van der Waals surface area contributed by atoms with Crippen LogP contribution < -0.4 is 11.1 Å². The second kappa shape index (κ2) is 4.01. The number of carbonyl (C=O) groups is 1. The molecule has 0 aromatic carbocycles. The summed E-state index contributed by atoms with van der Waals surface area (Å²) in [5.41, 5.74) is 5.84. The number of hydrogen-bond acceptors (Lipinski definition) is 2. The van der Waals surface area contributed by atoms with Crippen LogP contribution in [0.15, 0.2) is 0 Å². The first kappa shape index (κ1) is 14.6. The molecule has 1 aliphatic rings. The highest BCUT2D eigenvalue weighted by Gasteiger charge is 2.65. The lowest BCUT2D eigenvalue weighted by molar-refractivity contribution is -0.124. The number of carbonyl (C=O) groups excluding carboxylic acids is 1. The Hall–Kier alpha value is -0.505. The molecule has 4 atom stereocenters. The normalized spacial score (nSPS) is 36.2. The van der Waals surface area contributed by atoms with Crippen LogP contribution in [0.25, 0.3) is 0 Å². The Labute approximate surface area is 106 Å². The molecule has 3 N–H and O–H groups in total. The van der Waals surface area contributed by atoms with Crippen LogP contribution in [0.4, 0.5) is 0 Å². The van der Waals surface area contributed by atoms with Gasteiger partial charge in [-0.2, -0.15) is 0 Å². The molecule has 1 rings (SSSR count). The first-order valence-corrected chi connectivity index (χ1v) is 6.37. The second-order valence-electron chi connectivity index (χ2n) is 6.58. The molecular weight excluding hydrogens is 211 g/mol.